The summed E-state index contributed by atoms with van der Waals surface area (Å²) in [6, 6.07) is 7.73. The Kier molecular flexibility index (Phi) is 4.04. The van der Waals surface area contributed by atoms with Crippen LogP contribution in [0.25, 0.3) is 0 Å². The average molecular weight is 306 g/mol. The number of nitrogens with one attached hydrogen (secondary N) is 1. The highest BCUT2D eigenvalue weighted by atomic mass is 32.1. The molecule has 5 nitrogen and oxygen atoms in total. The van der Waals surface area contributed by atoms with E-state index in [-0.39, 0.29) is 21.8 Å². The lowest BCUT2D eigenvalue weighted by Crippen LogP contribution is -2.15. The van der Waals surface area contributed by atoms with Gasteiger partial charge in [0.15, 0.2) is 11.5 Å². The fourth-order valence-corrected chi connectivity index (χ4v) is 1.86. The summed E-state index contributed by atoms with van der Waals surface area (Å²) in [5.74, 6) is -2.21. The monoisotopic (exact) mass is 306 g/mol. The van der Waals surface area contributed by atoms with Gasteiger partial charge in [0.2, 0.25) is 0 Å². The second kappa shape index (κ2) is 5.76. The van der Waals surface area contributed by atoms with Crippen LogP contribution in [0.3, 0.4) is 0 Å². The molecule has 2 aromatic carbocycles. The van der Waals surface area contributed by atoms with Crippen LogP contribution in [0.15, 0.2) is 36.4 Å². The van der Waals surface area contributed by atoms with Gasteiger partial charge in [0.1, 0.15) is 10.8 Å². The van der Waals surface area contributed by atoms with E-state index in [1.165, 1.54) is 30.3 Å². The van der Waals surface area contributed by atoms with Crippen molar-refractivity contribution in [1.82, 2.24) is 0 Å². The molecule has 0 aliphatic carbocycles. The van der Waals surface area contributed by atoms with Crippen molar-refractivity contribution in [3.63, 3.8) is 0 Å². The fourth-order valence-electron chi connectivity index (χ4n) is 1.70. The number of thiocarbonyl (C=S) groups is 1. The number of phenols is 2. The van der Waals surface area contributed by atoms with Crippen molar-refractivity contribution >= 4 is 28.8 Å². The summed E-state index contributed by atoms with van der Waals surface area (Å²) in [6.07, 6.45) is 0. The van der Waals surface area contributed by atoms with Gasteiger partial charge in [-0.2, -0.15) is 0 Å². The van der Waals surface area contributed by atoms with Crippen LogP contribution in [-0.4, -0.2) is 21.1 Å². The predicted octanol–water partition coefficient (Wildman–Crippen LogP) is 2.12. The van der Waals surface area contributed by atoms with Gasteiger partial charge in [-0.05, 0) is 30.3 Å². The smallest absolute Gasteiger partial charge is 0.259 e. The van der Waals surface area contributed by atoms with Gasteiger partial charge in [0, 0.05) is 11.3 Å². The molecule has 0 unspecified atom stereocenters. The third-order valence-corrected chi connectivity index (χ3v) is 2.97. The van der Waals surface area contributed by atoms with Crippen molar-refractivity contribution in [2.45, 2.75) is 0 Å². The zero-order chi connectivity index (χ0) is 15.6. The van der Waals surface area contributed by atoms with Crippen LogP contribution in [0.5, 0.6) is 11.5 Å². The molecular weight excluding hydrogens is 295 g/mol. The highest BCUT2D eigenvalue weighted by molar-refractivity contribution is 7.80. The number of hydrogen-bond acceptors (Lipinski definition) is 4. The number of nitrogens with two attached hydrogens (primary N) is 1. The number of carbonyl (C=O) groups excluding carboxylic acids is 1. The molecule has 0 saturated heterocycles. The maximum Gasteiger partial charge on any atom is 0.259 e. The van der Waals surface area contributed by atoms with Gasteiger partial charge in [-0.15, -0.1) is 0 Å². The Morgan fingerprint density at radius 2 is 1.90 bits per heavy atom. The van der Waals surface area contributed by atoms with Crippen LogP contribution in [0.1, 0.15) is 15.9 Å². The Labute approximate surface area is 124 Å². The first-order valence-electron chi connectivity index (χ1n) is 5.82. The number of rotatable bonds is 3. The molecule has 0 bridgehead atoms. The lowest BCUT2D eigenvalue weighted by Gasteiger charge is -2.09. The molecule has 0 saturated carbocycles. The van der Waals surface area contributed by atoms with Gasteiger partial charge < -0.3 is 21.3 Å². The van der Waals surface area contributed by atoms with Crippen molar-refractivity contribution in [2.24, 2.45) is 5.73 Å². The average Bonchev–Trinajstić information content (AvgIpc) is 2.43. The van der Waals surface area contributed by atoms with Crippen molar-refractivity contribution in [3.8, 4) is 11.5 Å². The molecular formula is C14H11FN2O3S. The summed E-state index contributed by atoms with van der Waals surface area (Å²) in [6.45, 7) is 0. The molecule has 0 aliphatic heterocycles. The van der Waals surface area contributed by atoms with E-state index < -0.39 is 23.2 Å². The van der Waals surface area contributed by atoms with Crippen LogP contribution < -0.4 is 11.1 Å². The van der Waals surface area contributed by atoms with E-state index in [1.807, 2.05) is 0 Å². The Balaban J connectivity index is 2.30. The maximum atomic E-state index is 13.4. The quantitative estimate of drug-likeness (QED) is 0.514. The summed E-state index contributed by atoms with van der Waals surface area (Å²) in [7, 11) is 0. The SMILES string of the molecule is NC(=S)c1cc(NC(=O)c2cccc(O)c2O)ccc1F. The number of anilines is 1. The zero-order valence-electron chi connectivity index (χ0n) is 10.6. The molecule has 5 N–H and O–H groups in total. The van der Waals surface area contributed by atoms with E-state index in [0.717, 1.165) is 6.07 Å². The molecule has 0 fully saturated rings. The van der Waals surface area contributed by atoms with Crippen molar-refractivity contribution < 1.29 is 19.4 Å². The molecule has 2 rings (SSSR count). The second-order valence-corrected chi connectivity index (χ2v) is 4.63. The molecule has 0 spiro atoms. The molecule has 0 atom stereocenters. The molecule has 108 valence electrons. The van der Waals surface area contributed by atoms with Crippen LogP contribution in [-0.2, 0) is 0 Å². The third kappa shape index (κ3) is 3.09. The van der Waals surface area contributed by atoms with Crippen molar-refractivity contribution in [3.05, 3.63) is 53.3 Å². The Bertz CT molecular complexity index is 734. The Morgan fingerprint density at radius 3 is 2.57 bits per heavy atom. The molecule has 7 heteroatoms. The van der Waals surface area contributed by atoms with E-state index in [1.54, 1.807) is 0 Å². The standard InChI is InChI=1S/C14H11FN2O3S/c15-10-5-4-7(6-9(10)13(16)21)17-14(20)8-2-1-3-11(18)12(8)19/h1-6,18-19H,(H2,16,21)(H,17,20). The summed E-state index contributed by atoms with van der Waals surface area (Å²) >= 11 is 4.71. The highest BCUT2D eigenvalue weighted by Gasteiger charge is 2.15. The first-order chi connectivity index (χ1) is 9.90. The van der Waals surface area contributed by atoms with Crippen molar-refractivity contribution in [2.75, 3.05) is 5.32 Å². The predicted molar refractivity (Wildman–Crippen MR) is 80.0 cm³/mol. The lowest BCUT2D eigenvalue weighted by molar-refractivity contribution is 0.102. The molecule has 2 aromatic rings. The number of hydrogen-bond donors (Lipinski definition) is 4. The van der Waals surface area contributed by atoms with Gasteiger partial charge in [0.25, 0.3) is 5.91 Å². The molecule has 1 amide bonds. The topological polar surface area (TPSA) is 95.6 Å². The highest BCUT2D eigenvalue weighted by Crippen LogP contribution is 2.28. The first-order valence-corrected chi connectivity index (χ1v) is 6.22. The largest absolute Gasteiger partial charge is 0.504 e. The molecule has 0 radical (unpaired) electrons. The van der Waals surface area contributed by atoms with Gasteiger partial charge in [-0.3, -0.25) is 4.79 Å². The molecule has 0 heterocycles. The Morgan fingerprint density at radius 1 is 1.19 bits per heavy atom. The summed E-state index contributed by atoms with van der Waals surface area (Å²) < 4.78 is 13.4. The first kappa shape index (κ1) is 14.7. The van der Waals surface area contributed by atoms with Crippen LogP contribution in [0, 0.1) is 5.82 Å². The normalized spacial score (nSPS) is 10.1. The van der Waals surface area contributed by atoms with Gasteiger partial charge in [0.05, 0.1) is 5.56 Å². The maximum absolute atomic E-state index is 13.4. The van der Waals surface area contributed by atoms with Gasteiger partial charge in [-0.1, -0.05) is 18.3 Å². The fraction of sp³-hybridized carbons (Fsp3) is 0. The zero-order valence-corrected chi connectivity index (χ0v) is 11.4. The van der Waals surface area contributed by atoms with Crippen LogP contribution >= 0.6 is 12.2 Å². The summed E-state index contributed by atoms with van der Waals surface area (Å²) in [4.78, 5) is 11.9. The van der Waals surface area contributed by atoms with E-state index in [0.29, 0.717) is 0 Å². The van der Waals surface area contributed by atoms with E-state index in [9.17, 15) is 19.4 Å². The number of aromatic hydroxyl groups is 2. The summed E-state index contributed by atoms with van der Waals surface area (Å²) in [5, 5.41) is 21.4. The Hall–Kier alpha value is -2.67. The van der Waals surface area contributed by atoms with Gasteiger partial charge >= 0.3 is 0 Å². The molecule has 0 aliphatic rings. The van der Waals surface area contributed by atoms with E-state index in [4.69, 9.17) is 18.0 Å². The number of benzene rings is 2. The van der Waals surface area contributed by atoms with Crippen LogP contribution in [0.4, 0.5) is 10.1 Å². The lowest BCUT2D eigenvalue weighted by atomic mass is 10.1. The molecule has 0 aromatic heterocycles. The summed E-state index contributed by atoms with van der Waals surface area (Å²) in [5.41, 5.74) is 5.52. The minimum absolute atomic E-state index is 0.00271. The number of carbonyl (C=O) groups is 1. The van der Waals surface area contributed by atoms with Crippen LogP contribution in [0.2, 0.25) is 0 Å². The van der Waals surface area contributed by atoms with E-state index in [2.05, 4.69) is 5.32 Å². The third-order valence-electron chi connectivity index (χ3n) is 2.75. The molecule has 21 heavy (non-hydrogen) atoms. The minimum Gasteiger partial charge on any atom is -0.504 e. The number of phenolic OH excluding ortho intramolecular Hbond substituents is 2. The van der Waals surface area contributed by atoms with Gasteiger partial charge in [-0.25, -0.2) is 4.39 Å². The number of halogens is 1. The van der Waals surface area contributed by atoms with E-state index >= 15 is 0 Å². The minimum atomic E-state index is -0.663. The second-order valence-electron chi connectivity index (χ2n) is 4.19. The van der Waals surface area contributed by atoms with Crippen molar-refractivity contribution in [1.29, 1.82) is 0 Å². The number of para-hydroxylation sites is 1. The number of amides is 1.